The van der Waals surface area contributed by atoms with Gasteiger partial charge in [-0.2, -0.15) is 0 Å². The van der Waals surface area contributed by atoms with Crippen LogP contribution in [0.15, 0.2) is 12.1 Å². The first-order valence-corrected chi connectivity index (χ1v) is 4.87. The number of benzene rings is 1. The lowest BCUT2D eigenvalue weighted by atomic mass is 10.2. The van der Waals surface area contributed by atoms with Crippen molar-refractivity contribution >= 4 is 23.6 Å². The fourth-order valence-corrected chi connectivity index (χ4v) is 1.41. The molecule has 0 spiro atoms. The number of thiol groups is 1. The normalized spacial score (nSPS) is 9.50. The molecular weight excluding hydrogens is 230 g/mol. The molecule has 16 heavy (non-hydrogen) atoms. The van der Waals surface area contributed by atoms with Crippen molar-refractivity contribution in [2.24, 2.45) is 0 Å². The van der Waals surface area contributed by atoms with Crippen LogP contribution < -0.4 is 19.5 Å². The highest BCUT2D eigenvalue weighted by molar-refractivity contribution is 7.96. The number of nitrogens with one attached hydrogen (secondary N) is 1. The molecule has 1 N–H and O–H groups in total. The van der Waals surface area contributed by atoms with E-state index in [0.29, 0.717) is 22.9 Å². The van der Waals surface area contributed by atoms with Crippen molar-refractivity contribution in [2.75, 3.05) is 26.6 Å². The van der Waals surface area contributed by atoms with Gasteiger partial charge in [0.25, 0.3) is 5.24 Å². The van der Waals surface area contributed by atoms with Gasteiger partial charge < -0.3 is 19.5 Å². The molecule has 0 aromatic heterocycles. The van der Waals surface area contributed by atoms with E-state index in [2.05, 4.69) is 17.9 Å². The molecule has 0 unspecified atom stereocenters. The first-order valence-electron chi connectivity index (χ1n) is 4.42. The van der Waals surface area contributed by atoms with Gasteiger partial charge in [0.05, 0.1) is 21.3 Å². The molecular formula is C10H13NO4S. The SMILES string of the molecule is COc1cc(NC(=O)S)cc(OC)c1OC. The van der Waals surface area contributed by atoms with Crippen molar-refractivity contribution in [2.45, 2.75) is 0 Å². The van der Waals surface area contributed by atoms with Gasteiger partial charge in [0.15, 0.2) is 11.5 Å². The van der Waals surface area contributed by atoms with Crippen LogP contribution in [0.2, 0.25) is 0 Å². The highest BCUT2D eigenvalue weighted by Crippen LogP contribution is 2.39. The molecule has 0 heterocycles. The lowest BCUT2D eigenvalue weighted by Gasteiger charge is -2.13. The van der Waals surface area contributed by atoms with E-state index in [1.54, 1.807) is 12.1 Å². The highest BCUT2D eigenvalue weighted by atomic mass is 32.1. The zero-order valence-electron chi connectivity index (χ0n) is 9.23. The van der Waals surface area contributed by atoms with E-state index in [1.165, 1.54) is 21.3 Å². The predicted molar refractivity (Wildman–Crippen MR) is 64.1 cm³/mol. The molecule has 1 aromatic rings. The number of ether oxygens (including phenoxy) is 3. The largest absolute Gasteiger partial charge is 0.493 e. The Bertz CT molecular complexity index is 369. The quantitative estimate of drug-likeness (QED) is 0.796. The summed E-state index contributed by atoms with van der Waals surface area (Å²) in [6.45, 7) is 0. The van der Waals surface area contributed by atoms with Gasteiger partial charge in [0.2, 0.25) is 5.75 Å². The topological polar surface area (TPSA) is 56.8 Å². The second-order valence-electron chi connectivity index (χ2n) is 2.84. The van der Waals surface area contributed by atoms with E-state index >= 15 is 0 Å². The van der Waals surface area contributed by atoms with Gasteiger partial charge in [-0.1, -0.05) is 12.6 Å². The molecule has 1 amide bonds. The van der Waals surface area contributed by atoms with E-state index in [4.69, 9.17) is 14.2 Å². The van der Waals surface area contributed by atoms with Crippen LogP contribution in [0.1, 0.15) is 0 Å². The molecule has 0 bridgehead atoms. The van der Waals surface area contributed by atoms with E-state index < -0.39 is 5.24 Å². The molecule has 5 nitrogen and oxygen atoms in total. The number of hydrogen-bond donors (Lipinski definition) is 2. The zero-order valence-corrected chi connectivity index (χ0v) is 10.1. The molecule has 0 saturated carbocycles. The Kier molecular flexibility index (Phi) is 4.30. The Balaban J connectivity index is 3.20. The second kappa shape index (κ2) is 5.50. The molecule has 0 radical (unpaired) electrons. The summed E-state index contributed by atoms with van der Waals surface area (Å²) >= 11 is 3.62. The number of carbonyl (C=O) groups excluding carboxylic acids is 1. The monoisotopic (exact) mass is 243 g/mol. The van der Waals surface area contributed by atoms with Crippen LogP contribution in [0.25, 0.3) is 0 Å². The average molecular weight is 243 g/mol. The molecule has 0 aliphatic carbocycles. The summed E-state index contributed by atoms with van der Waals surface area (Å²) in [7, 11) is 4.52. The van der Waals surface area contributed by atoms with Crippen molar-refractivity contribution in [3.8, 4) is 17.2 Å². The van der Waals surface area contributed by atoms with Crippen molar-refractivity contribution < 1.29 is 19.0 Å². The molecule has 0 aliphatic heterocycles. The van der Waals surface area contributed by atoms with Crippen LogP contribution in [-0.2, 0) is 0 Å². The summed E-state index contributed by atoms with van der Waals surface area (Å²) in [5, 5.41) is 2.05. The third-order valence-electron chi connectivity index (χ3n) is 1.92. The maximum Gasteiger partial charge on any atom is 0.280 e. The predicted octanol–water partition coefficient (Wildman–Crippen LogP) is 2.17. The Morgan fingerprint density at radius 2 is 1.62 bits per heavy atom. The number of amides is 1. The molecule has 0 fully saturated rings. The van der Waals surface area contributed by atoms with Gasteiger partial charge in [-0.05, 0) is 0 Å². The zero-order chi connectivity index (χ0) is 12.1. The summed E-state index contributed by atoms with van der Waals surface area (Å²) in [6.07, 6.45) is 0. The Labute approximate surface area is 99.1 Å². The van der Waals surface area contributed by atoms with Crippen molar-refractivity contribution in [3.05, 3.63) is 12.1 Å². The molecule has 1 rings (SSSR count). The van der Waals surface area contributed by atoms with Crippen LogP contribution in [0, 0.1) is 0 Å². The Hall–Kier alpha value is -1.56. The summed E-state index contributed by atoms with van der Waals surface area (Å²) in [5.74, 6) is 1.42. The first kappa shape index (κ1) is 12.5. The van der Waals surface area contributed by atoms with Crippen molar-refractivity contribution in [1.82, 2.24) is 0 Å². The number of anilines is 1. The molecule has 0 saturated heterocycles. The third-order valence-corrected chi connectivity index (χ3v) is 2.03. The first-order chi connectivity index (χ1) is 7.62. The maximum absolute atomic E-state index is 10.8. The fourth-order valence-electron chi connectivity index (χ4n) is 1.28. The molecule has 6 heteroatoms. The van der Waals surface area contributed by atoms with Crippen molar-refractivity contribution in [1.29, 1.82) is 0 Å². The van der Waals surface area contributed by atoms with Crippen LogP contribution >= 0.6 is 12.6 Å². The number of rotatable bonds is 4. The number of methoxy groups -OCH3 is 3. The van der Waals surface area contributed by atoms with Crippen LogP contribution in [0.4, 0.5) is 10.5 Å². The lowest BCUT2D eigenvalue weighted by Crippen LogP contribution is -2.03. The van der Waals surface area contributed by atoms with Crippen LogP contribution in [0.5, 0.6) is 17.2 Å². The fraction of sp³-hybridized carbons (Fsp3) is 0.300. The van der Waals surface area contributed by atoms with E-state index in [1.807, 2.05) is 0 Å². The number of hydrogen-bond acceptors (Lipinski definition) is 4. The Morgan fingerprint density at radius 1 is 1.12 bits per heavy atom. The minimum Gasteiger partial charge on any atom is -0.493 e. The molecule has 1 aromatic carbocycles. The standard InChI is InChI=1S/C10H13NO4S/c1-13-7-4-6(11-10(12)16)5-8(14-2)9(7)15-3/h4-5H,1-3H3,(H2,11,12,16). The Morgan fingerprint density at radius 3 is 1.94 bits per heavy atom. The lowest BCUT2D eigenvalue weighted by molar-refractivity contribution is 0.270. The van der Waals surface area contributed by atoms with Gasteiger partial charge in [-0.15, -0.1) is 0 Å². The van der Waals surface area contributed by atoms with Crippen molar-refractivity contribution in [3.63, 3.8) is 0 Å². The molecule has 0 atom stereocenters. The van der Waals surface area contributed by atoms with Gasteiger partial charge in [-0.3, -0.25) is 4.79 Å². The summed E-state index contributed by atoms with van der Waals surface area (Å²) < 4.78 is 15.4. The molecule has 0 aliphatic rings. The highest BCUT2D eigenvalue weighted by Gasteiger charge is 2.13. The maximum atomic E-state index is 10.8. The second-order valence-corrected chi connectivity index (χ2v) is 3.25. The van der Waals surface area contributed by atoms with Gasteiger partial charge in [0.1, 0.15) is 0 Å². The minimum atomic E-state index is -0.464. The van der Waals surface area contributed by atoms with Gasteiger partial charge >= 0.3 is 0 Å². The smallest absolute Gasteiger partial charge is 0.280 e. The van der Waals surface area contributed by atoms with E-state index in [-0.39, 0.29) is 0 Å². The van der Waals surface area contributed by atoms with E-state index in [0.717, 1.165) is 0 Å². The summed E-state index contributed by atoms with van der Waals surface area (Å²) in [4.78, 5) is 10.8. The average Bonchev–Trinajstić information content (AvgIpc) is 2.26. The minimum absolute atomic E-state index is 0.464. The number of carbonyl (C=O) groups is 1. The molecule has 88 valence electrons. The third kappa shape index (κ3) is 2.73. The van der Waals surface area contributed by atoms with E-state index in [9.17, 15) is 4.79 Å². The summed E-state index contributed by atoms with van der Waals surface area (Å²) in [5.41, 5.74) is 0.523. The summed E-state index contributed by atoms with van der Waals surface area (Å²) in [6, 6.07) is 3.24. The van der Waals surface area contributed by atoms with Crippen LogP contribution in [-0.4, -0.2) is 26.6 Å². The van der Waals surface area contributed by atoms with Crippen LogP contribution in [0.3, 0.4) is 0 Å². The van der Waals surface area contributed by atoms with Gasteiger partial charge in [-0.25, -0.2) is 0 Å². The van der Waals surface area contributed by atoms with Gasteiger partial charge in [0, 0.05) is 17.8 Å².